The van der Waals surface area contributed by atoms with Gasteiger partial charge >= 0.3 is 0 Å². The number of rotatable bonds is 13. The van der Waals surface area contributed by atoms with Crippen molar-refractivity contribution >= 4 is 34.1 Å². The SMILES string of the molecule is CCC1CCC(Nc2nc(NCc3ccccc3-c3nccc4cc(CC(=O)/C=C/CN(C)C)ccc34)n3ncc(C(C)C)c3n2)CC1. The van der Waals surface area contributed by atoms with Crippen LogP contribution in [0.1, 0.15) is 75.5 Å². The standard InChI is InChI=1S/C39H48N8O/c1-6-27-13-16-31(17-14-27)43-38-44-37-35(26(2)3)25-42-47(37)39(45-38)41-24-30-10-7-8-12-33(30)36-34-18-15-28(22-29(34)19-20-40-36)23-32(48)11-9-21-46(4)5/h7-12,15,18-20,22,25-27,31H,6,13-14,16-17,21,23-24H2,1-5H3,(H2,41,43,44,45)/b11-9+. The molecule has 0 bridgehead atoms. The van der Waals surface area contributed by atoms with Crippen LogP contribution in [0.5, 0.6) is 0 Å². The number of ketones is 1. The van der Waals surface area contributed by atoms with Crippen LogP contribution in [0, 0.1) is 5.92 Å². The number of hydrogen-bond acceptors (Lipinski definition) is 8. The molecule has 1 aliphatic rings. The average molecular weight is 645 g/mol. The van der Waals surface area contributed by atoms with Gasteiger partial charge in [-0.15, -0.1) is 0 Å². The molecule has 2 aromatic carbocycles. The fraction of sp³-hybridized carbons (Fsp3) is 0.410. The summed E-state index contributed by atoms with van der Waals surface area (Å²) in [6.07, 6.45) is 13.8. The van der Waals surface area contributed by atoms with Crippen LogP contribution in [0.2, 0.25) is 0 Å². The average Bonchev–Trinajstić information content (AvgIpc) is 3.52. The first-order valence-electron chi connectivity index (χ1n) is 17.3. The van der Waals surface area contributed by atoms with Crippen molar-refractivity contribution in [3.63, 3.8) is 0 Å². The van der Waals surface area contributed by atoms with E-state index in [2.05, 4.69) is 61.7 Å². The van der Waals surface area contributed by atoms with E-state index in [-0.39, 0.29) is 11.7 Å². The Balaban J connectivity index is 1.25. The molecule has 48 heavy (non-hydrogen) atoms. The monoisotopic (exact) mass is 644 g/mol. The molecule has 1 fully saturated rings. The normalized spacial score (nSPS) is 16.8. The summed E-state index contributed by atoms with van der Waals surface area (Å²) in [4.78, 5) is 29.3. The molecule has 6 rings (SSSR count). The van der Waals surface area contributed by atoms with Gasteiger partial charge in [0.05, 0.1) is 11.9 Å². The number of likely N-dealkylation sites (N-methyl/N-ethyl adjacent to an activating group) is 1. The second-order valence-electron chi connectivity index (χ2n) is 13.7. The largest absolute Gasteiger partial charge is 0.351 e. The van der Waals surface area contributed by atoms with Crippen molar-refractivity contribution < 1.29 is 4.79 Å². The molecule has 0 amide bonds. The molecule has 9 nitrogen and oxygen atoms in total. The molecule has 3 heterocycles. The van der Waals surface area contributed by atoms with Gasteiger partial charge in [0.25, 0.3) is 0 Å². The Labute approximate surface area is 283 Å². The first-order chi connectivity index (χ1) is 23.3. The Bertz CT molecular complexity index is 1900. The highest BCUT2D eigenvalue weighted by Gasteiger charge is 2.22. The number of allylic oxidation sites excluding steroid dienone is 1. The van der Waals surface area contributed by atoms with Crippen molar-refractivity contribution in [2.45, 2.75) is 77.8 Å². The number of carbonyl (C=O) groups is 1. The Kier molecular flexibility index (Phi) is 10.4. The van der Waals surface area contributed by atoms with Gasteiger partial charge in [-0.2, -0.15) is 19.6 Å². The van der Waals surface area contributed by atoms with E-state index in [1.807, 2.05) is 60.2 Å². The minimum Gasteiger partial charge on any atom is -0.351 e. The number of fused-ring (bicyclic) bond motifs is 2. The second kappa shape index (κ2) is 15.1. The summed E-state index contributed by atoms with van der Waals surface area (Å²) in [5, 5.41) is 14.1. The lowest BCUT2D eigenvalue weighted by Gasteiger charge is -2.28. The molecular weight excluding hydrogens is 596 g/mol. The van der Waals surface area contributed by atoms with Gasteiger partial charge in [0.1, 0.15) is 0 Å². The molecule has 1 saturated carbocycles. The maximum Gasteiger partial charge on any atom is 0.229 e. The third kappa shape index (κ3) is 7.73. The van der Waals surface area contributed by atoms with Gasteiger partial charge in [-0.25, -0.2) is 0 Å². The Hall–Kier alpha value is -4.63. The van der Waals surface area contributed by atoms with Gasteiger partial charge in [-0.3, -0.25) is 9.78 Å². The van der Waals surface area contributed by atoms with Crippen LogP contribution in [-0.4, -0.2) is 61.9 Å². The zero-order valence-electron chi connectivity index (χ0n) is 28.9. The zero-order chi connectivity index (χ0) is 33.6. The van der Waals surface area contributed by atoms with E-state index in [4.69, 9.17) is 20.1 Å². The summed E-state index contributed by atoms with van der Waals surface area (Å²) < 4.78 is 1.83. The van der Waals surface area contributed by atoms with Gasteiger partial charge in [0.2, 0.25) is 11.9 Å². The van der Waals surface area contributed by atoms with Gasteiger partial charge in [-0.05, 0) is 80.3 Å². The lowest BCUT2D eigenvalue weighted by atomic mass is 9.85. The molecule has 0 radical (unpaired) electrons. The third-order valence-corrected chi connectivity index (χ3v) is 9.47. The molecule has 250 valence electrons. The number of carbonyl (C=O) groups excluding carboxylic acids is 1. The summed E-state index contributed by atoms with van der Waals surface area (Å²) in [6, 6.07) is 17.0. The van der Waals surface area contributed by atoms with E-state index in [0.29, 0.717) is 30.9 Å². The van der Waals surface area contributed by atoms with Gasteiger partial charge in [0.15, 0.2) is 11.4 Å². The van der Waals surface area contributed by atoms with Crippen molar-refractivity contribution in [1.29, 1.82) is 0 Å². The van der Waals surface area contributed by atoms with Crippen molar-refractivity contribution in [1.82, 2.24) is 29.5 Å². The highest BCUT2D eigenvalue weighted by atomic mass is 16.1. The van der Waals surface area contributed by atoms with Crippen LogP contribution >= 0.6 is 0 Å². The molecule has 0 unspecified atom stereocenters. The van der Waals surface area contributed by atoms with E-state index in [0.717, 1.165) is 69.7 Å². The quantitative estimate of drug-likeness (QED) is 0.126. The predicted octanol–water partition coefficient (Wildman–Crippen LogP) is 7.69. The molecule has 0 spiro atoms. The number of anilines is 2. The van der Waals surface area contributed by atoms with Crippen molar-refractivity contribution in [2.24, 2.45) is 5.92 Å². The number of hydrogen-bond donors (Lipinski definition) is 2. The topological polar surface area (TPSA) is 100 Å². The number of benzene rings is 2. The Morgan fingerprint density at radius 3 is 2.65 bits per heavy atom. The van der Waals surface area contributed by atoms with Gasteiger partial charge in [-0.1, -0.05) is 75.7 Å². The number of pyridine rings is 1. The van der Waals surface area contributed by atoms with Gasteiger partial charge in [0, 0.05) is 48.3 Å². The van der Waals surface area contributed by atoms with E-state index in [1.165, 1.54) is 19.3 Å². The summed E-state index contributed by atoms with van der Waals surface area (Å²) >= 11 is 0. The van der Waals surface area contributed by atoms with Crippen LogP contribution < -0.4 is 10.6 Å². The summed E-state index contributed by atoms with van der Waals surface area (Å²) in [7, 11) is 3.98. The third-order valence-electron chi connectivity index (χ3n) is 9.47. The maximum absolute atomic E-state index is 12.6. The molecule has 0 atom stereocenters. The molecule has 0 saturated heterocycles. The first-order valence-corrected chi connectivity index (χ1v) is 17.3. The molecule has 2 N–H and O–H groups in total. The highest BCUT2D eigenvalue weighted by molar-refractivity contribution is 5.97. The summed E-state index contributed by atoms with van der Waals surface area (Å²) in [5.41, 5.74) is 5.98. The van der Waals surface area contributed by atoms with Crippen LogP contribution in [-0.2, 0) is 17.8 Å². The van der Waals surface area contributed by atoms with Crippen LogP contribution in [0.4, 0.5) is 11.9 Å². The fourth-order valence-corrected chi connectivity index (χ4v) is 6.67. The number of nitrogens with zero attached hydrogens (tertiary/aromatic N) is 6. The highest BCUT2D eigenvalue weighted by Crippen LogP contribution is 2.32. The second-order valence-corrected chi connectivity index (χ2v) is 13.7. The zero-order valence-corrected chi connectivity index (χ0v) is 28.9. The minimum absolute atomic E-state index is 0.0978. The van der Waals surface area contributed by atoms with E-state index >= 15 is 0 Å². The van der Waals surface area contributed by atoms with Crippen molar-refractivity contribution in [3.05, 3.63) is 89.8 Å². The van der Waals surface area contributed by atoms with E-state index in [9.17, 15) is 4.79 Å². The molecule has 3 aromatic heterocycles. The van der Waals surface area contributed by atoms with E-state index in [1.54, 1.807) is 6.08 Å². The fourth-order valence-electron chi connectivity index (χ4n) is 6.67. The lowest BCUT2D eigenvalue weighted by Crippen LogP contribution is -2.27. The lowest BCUT2D eigenvalue weighted by molar-refractivity contribution is -0.114. The molecular formula is C39H48N8O. The summed E-state index contributed by atoms with van der Waals surface area (Å²) in [6.45, 7) is 7.91. The molecule has 9 heteroatoms. The Morgan fingerprint density at radius 1 is 1.06 bits per heavy atom. The van der Waals surface area contributed by atoms with Crippen LogP contribution in [0.3, 0.4) is 0 Å². The minimum atomic E-state index is 0.0978. The molecule has 1 aliphatic carbocycles. The predicted molar refractivity (Wildman–Crippen MR) is 195 cm³/mol. The van der Waals surface area contributed by atoms with Crippen molar-refractivity contribution in [3.8, 4) is 11.3 Å². The summed E-state index contributed by atoms with van der Waals surface area (Å²) in [5.74, 6) is 2.52. The smallest absolute Gasteiger partial charge is 0.229 e. The maximum atomic E-state index is 12.6. The van der Waals surface area contributed by atoms with E-state index < -0.39 is 0 Å². The van der Waals surface area contributed by atoms with Crippen molar-refractivity contribution in [2.75, 3.05) is 31.3 Å². The number of nitrogens with one attached hydrogen (secondary N) is 2. The van der Waals surface area contributed by atoms with Crippen LogP contribution in [0.25, 0.3) is 27.7 Å². The van der Waals surface area contributed by atoms with Gasteiger partial charge < -0.3 is 15.5 Å². The Morgan fingerprint density at radius 2 is 1.88 bits per heavy atom. The first kappa shape index (κ1) is 33.3. The number of aromatic nitrogens is 5. The molecule has 5 aromatic rings. The molecule has 0 aliphatic heterocycles. The van der Waals surface area contributed by atoms with Crippen LogP contribution in [0.15, 0.2) is 73.1 Å².